The molecule has 4 rings (SSSR count). The van der Waals surface area contributed by atoms with Gasteiger partial charge in [0, 0.05) is 18.8 Å². The van der Waals surface area contributed by atoms with Crippen molar-refractivity contribution < 1.29 is 19.4 Å². The van der Waals surface area contributed by atoms with Crippen molar-refractivity contribution in [2.75, 3.05) is 25.2 Å². The number of benzene rings is 2. The number of unbranched alkanes of at least 4 members (excludes halogenated alkanes) is 1. The Kier molecular flexibility index (Phi) is 5.85. The molecule has 2 N–H and O–H groups in total. The molecule has 0 saturated carbocycles. The van der Waals surface area contributed by atoms with Gasteiger partial charge in [-0.15, -0.1) is 0 Å². The van der Waals surface area contributed by atoms with Gasteiger partial charge in [-0.2, -0.15) is 0 Å². The summed E-state index contributed by atoms with van der Waals surface area (Å²) < 4.78 is 12.4. The van der Waals surface area contributed by atoms with Crippen LogP contribution in [0.1, 0.15) is 35.9 Å². The minimum absolute atomic E-state index is 0.0521. The van der Waals surface area contributed by atoms with Gasteiger partial charge < -0.3 is 24.0 Å². The Morgan fingerprint density at radius 3 is 2.81 bits per heavy atom. The highest BCUT2D eigenvalue weighted by Gasteiger charge is 2.32. The monoisotopic (exact) mass is 434 g/mol. The third kappa shape index (κ3) is 3.79. The standard InChI is InChI=1S/C24H26N4O4/c1-4-5-11-32-24(30)15-7-6-8-16(12-15)28-14-20(29)21(22(28)25)23-26-18-13-17(31-3)9-10-19(18)27(23)2/h6-10,12-13,25,29H,4-5,11,14H2,1-3H3. The van der Waals surface area contributed by atoms with Crippen LogP contribution in [-0.4, -0.2) is 46.7 Å². The van der Waals surface area contributed by atoms with Crippen LogP contribution in [0.5, 0.6) is 5.75 Å². The Bertz CT molecular complexity index is 1230. The van der Waals surface area contributed by atoms with Crippen molar-refractivity contribution in [3.8, 4) is 5.75 Å². The molecule has 0 amide bonds. The maximum Gasteiger partial charge on any atom is 0.338 e. The van der Waals surface area contributed by atoms with Crippen LogP contribution in [0.3, 0.4) is 0 Å². The molecular weight excluding hydrogens is 408 g/mol. The molecule has 2 aromatic carbocycles. The van der Waals surface area contributed by atoms with Gasteiger partial charge in [-0.3, -0.25) is 5.41 Å². The summed E-state index contributed by atoms with van der Waals surface area (Å²) in [5.41, 5.74) is 2.98. The third-order valence-corrected chi connectivity index (χ3v) is 5.54. The summed E-state index contributed by atoms with van der Waals surface area (Å²) in [6.45, 7) is 2.53. The van der Waals surface area contributed by atoms with E-state index in [0.29, 0.717) is 40.5 Å². The summed E-state index contributed by atoms with van der Waals surface area (Å²) in [4.78, 5) is 18.6. The number of aliphatic hydroxyl groups excluding tert-OH is 1. The quantitative estimate of drug-likeness (QED) is 0.425. The number of ether oxygens (including phenoxy) is 2. The van der Waals surface area contributed by atoms with Crippen molar-refractivity contribution >= 4 is 34.1 Å². The molecule has 0 atom stereocenters. The molecule has 0 bridgehead atoms. The molecule has 1 aliphatic heterocycles. The molecule has 0 spiro atoms. The number of imidazole rings is 1. The number of fused-ring (bicyclic) bond motifs is 1. The van der Waals surface area contributed by atoms with E-state index in [0.717, 1.165) is 18.4 Å². The molecule has 0 aliphatic carbocycles. The molecule has 8 nitrogen and oxygen atoms in total. The number of amidine groups is 1. The smallest absolute Gasteiger partial charge is 0.338 e. The Morgan fingerprint density at radius 2 is 2.06 bits per heavy atom. The van der Waals surface area contributed by atoms with Crippen molar-refractivity contribution in [2.24, 2.45) is 7.05 Å². The first-order valence-corrected chi connectivity index (χ1v) is 10.5. The Morgan fingerprint density at radius 1 is 1.25 bits per heavy atom. The second kappa shape index (κ2) is 8.74. The van der Waals surface area contributed by atoms with Gasteiger partial charge in [0.25, 0.3) is 0 Å². The first kappa shape index (κ1) is 21.4. The van der Waals surface area contributed by atoms with Crippen LogP contribution in [0.4, 0.5) is 5.69 Å². The number of nitrogens with one attached hydrogen (secondary N) is 1. The number of hydrogen-bond acceptors (Lipinski definition) is 6. The highest BCUT2D eigenvalue weighted by Crippen LogP contribution is 2.33. The van der Waals surface area contributed by atoms with Gasteiger partial charge in [-0.25, -0.2) is 9.78 Å². The first-order valence-electron chi connectivity index (χ1n) is 10.5. The van der Waals surface area contributed by atoms with E-state index >= 15 is 0 Å². The number of hydrogen-bond donors (Lipinski definition) is 2. The average Bonchev–Trinajstić information content (AvgIpc) is 3.28. The number of carbonyl (C=O) groups excluding carboxylic acids is 1. The van der Waals surface area contributed by atoms with Crippen molar-refractivity contribution in [3.05, 3.63) is 59.6 Å². The molecule has 0 unspecified atom stereocenters. The van der Waals surface area contributed by atoms with Crippen LogP contribution in [0.2, 0.25) is 0 Å². The third-order valence-electron chi connectivity index (χ3n) is 5.54. The van der Waals surface area contributed by atoms with Crippen LogP contribution in [-0.2, 0) is 11.8 Å². The zero-order valence-electron chi connectivity index (χ0n) is 18.4. The summed E-state index contributed by atoms with van der Waals surface area (Å²) in [7, 11) is 3.44. The molecule has 1 aromatic heterocycles. The summed E-state index contributed by atoms with van der Waals surface area (Å²) in [6.07, 6.45) is 1.76. The maximum absolute atomic E-state index is 12.3. The van der Waals surface area contributed by atoms with E-state index in [9.17, 15) is 9.90 Å². The highest BCUT2D eigenvalue weighted by molar-refractivity contribution is 6.30. The average molecular weight is 434 g/mol. The van der Waals surface area contributed by atoms with Crippen LogP contribution < -0.4 is 9.64 Å². The van der Waals surface area contributed by atoms with Crippen LogP contribution >= 0.6 is 0 Å². The van der Waals surface area contributed by atoms with Crippen LogP contribution in [0.25, 0.3) is 16.6 Å². The lowest BCUT2D eigenvalue weighted by molar-refractivity contribution is 0.0500. The molecular formula is C24H26N4O4. The molecule has 3 aromatic rings. The predicted octanol–water partition coefficient (Wildman–Crippen LogP) is 4.31. The lowest BCUT2D eigenvalue weighted by atomic mass is 10.2. The summed E-state index contributed by atoms with van der Waals surface area (Å²) >= 11 is 0. The Hall–Kier alpha value is -3.81. The van der Waals surface area contributed by atoms with Crippen molar-refractivity contribution in [1.29, 1.82) is 5.41 Å². The minimum Gasteiger partial charge on any atom is -0.509 e. The lowest BCUT2D eigenvalue weighted by Gasteiger charge is -2.19. The van der Waals surface area contributed by atoms with E-state index in [1.54, 1.807) is 36.3 Å². The van der Waals surface area contributed by atoms with Gasteiger partial charge in [-0.1, -0.05) is 19.4 Å². The molecule has 2 heterocycles. The number of aryl methyl sites for hydroxylation is 1. The zero-order chi connectivity index (χ0) is 22.8. The second-order valence-electron chi connectivity index (χ2n) is 7.65. The van der Waals surface area contributed by atoms with Crippen LogP contribution in [0, 0.1) is 5.41 Å². The van der Waals surface area contributed by atoms with Gasteiger partial charge in [0.15, 0.2) is 0 Å². The minimum atomic E-state index is -0.396. The molecule has 32 heavy (non-hydrogen) atoms. The predicted molar refractivity (Wildman–Crippen MR) is 124 cm³/mol. The van der Waals surface area contributed by atoms with E-state index in [4.69, 9.17) is 14.9 Å². The van der Waals surface area contributed by atoms with E-state index in [1.165, 1.54) is 0 Å². The summed E-state index contributed by atoms with van der Waals surface area (Å²) in [5.74, 6) is 0.952. The normalized spacial score (nSPS) is 13.8. The number of esters is 1. The largest absolute Gasteiger partial charge is 0.509 e. The fourth-order valence-corrected chi connectivity index (χ4v) is 3.76. The second-order valence-corrected chi connectivity index (χ2v) is 7.65. The topological polar surface area (TPSA) is 101 Å². The Balaban J connectivity index is 1.62. The molecule has 166 valence electrons. The van der Waals surface area contributed by atoms with Crippen molar-refractivity contribution in [3.63, 3.8) is 0 Å². The number of methoxy groups -OCH3 is 1. The van der Waals surface area contributed by atoms with Gasteiger partial charge in [-0.05, 0) is 36.8 Å². The number of rotatable bonds is 7. The molecule has 0 fully saturated rings. The van der Waals surface area contributed by atoms with E-state index in [2.05, 4.69) is 4.98 Å². The number of carbonyl (C=O) groups is 1. The number of nitrogens with zero attached hydrogens (tertiary/aromatic N) is 3. The van der Waals surface area contributed by atoms with Gasteiger partial charge >= 0.3 is 5.97 Å². The Labute approximate surface area is 186 Å². The SMILES string of the molecule is CCCCOC(=O)c1cccc(N2CC(O)=C(c3nc4cc(OC)ccc4n3C)C2=N)c1. The fraction of sp³-hybridized carbons (Fsp3) is 0.292. The summed E-state index contributed by atoms with van der Waals surface area (Å²) in [6, 6.07) is 12.5. The number of anilines is 1. The highest BCUT2D eigenvalue weighted by atomic mass is 16.5. The van der Waals surface area contributed by atoms with E-state index in [1.807, 2.05) is 36.7 Å². The van der Waals surface area contributed by atoms with E-state index in [-0.39, 0.29) is 18.1 Å². The lowest BCUT2D eigenvalue weighted by Crippen LogP contribution is -2.26. The van der Waals surface area contributed by atoms with Gasteiger partial charge in [0.1, 0.15) is 23.2 Å². The fourth-order valence-electron chi connectivity index (χ4n) is 3.76. The van der Waals surface area contributed by atoms with Crippen LogP contribution in [0.15, 0.2) is 48.2 Å². The molecule has 1 aliphatic rings. The van der Waals surface area contributed by atoms with Crippen molar-refractivity contribution in [2.45, 2.75) is 19.8 Å². The first-order chi connectivity index (χ1) is 15.4. The van der Waals surface area contributed by atoms with Gasteiger partial charge in [0.2, 0.25) is 0 Å². The number of aliphatic hydroxyl groups is 1. The van der Waals surface area contributed by atoms with Crippen molar-refractivity contribution in [1.82, 2.24) is 9.55 Å². The molecule has 0 saturated heterocycles. The maximum atomic E-state index is 12.3. The zero-order valence-corrected chi connectivity index (χ0v) is 18.4. The molecule has 0 radical (unpaired) electrons. The number of aromatic nitrogens is 2. The van der Waals surface area contributed by atoms with Gasteiger partial charge in [0.05, 0.1) is 42.4 Å². The van der Waals surface area contributed by atoms with E-state index < -0.39 is 5.97 Å². The molecule has 8 heteroatoms. The summed E-state index contributed by atoms with van der Waals surface area (Å²) in [5, 5.41) is 19.5.